The zero-order valence-corrected chi connectivity index (χ0v) is 18.6. The maximum Gasteiger partial charge on any atom is 0.481 e. The van der Waals surface area contributed by atoms with E-state index in [1.807, 2.05) is 0 Å². The van der Waals surface area contributed by atoms with Crippen molar-refractivity contribution in [1.29, 1.82) is 0 Å². The highest BCUT2D eigenvalue weighted by Gasteiger charge is 2.53. The predicted molar refractivity (Wildman–Crippen MR) is 106 cm³/mol. The van der Waals surface area contributed by atoms with E-state index >= 15 is 0 Å². The van der Waals surface area contributed by atoms with Gasteiger partial charge in [0.2, 0.25) is 0 Å². The lowest BCUT2D eigenvalue weighted by atomic mass is 9.46. The van der Waals surface area contributed by atoms with E-state index in [1.54, 1.807) is 6.08 Å². The van der Waals surface area contributed by atoms with Gasteiger partial charge in [-0.25, -0.2) is 9.13 Å². The smallest absolute Gasteiger partial charge is 0.302 e. The van der Waals surface area contributed by atoms with E-state index < -0.39 is 15.6 Å². The molecule has 3 aliphatic carbocycles. The van der Waals surface area contributed by atoms with Crippen LogP contribution in [0.2, 0.25) is 0 Å². The lowest BCUT2D eigenvalue weighted by Crippen LogP contribution is -2.50. The molecule has 0 amide bonds. The van der Waals surface area contributed by atoms with Crippen LogP contribution in [0.15, 0.2) is 23.3 Å². The summed E-state index contributed by atoms with van der Waals surface area (Å²) >= 11 is 0. The maximum absolute atomic E-state index is 11.5. The van der Waals surface area contributed by atoms with Crippen LogP contribution in [0.5, 0.6) is 0 Å². The van der Waals surface area contributed by atoms with Crippen molar-refractivity contribution in [3.8, 4) is 0 Å². The van der Waals surface area contributed by atoms with Crippen LogP contribution in [-0.2, 0) is 18.0 Å². The molecule has 160 valence electrons. The summed E-state index contributed by atoms with van der Waals surface area (Å²) in [6, 6.07) is 0. The average molecular weight is 434 g/mol. The molecule has 7 nitrogen and oxygen atoms in total. The van der Waals surface area contributed by atoms with Crippen LogP contribution in [-0.4, -0.2) is 21.3 Å². The molecule has 0 aromatic heterocycles. The Bertz CT molecular complexity index is 766. The minimum atomic E-state index is -5.08. The van der Waals surface area contributed by atoms with Crippen molar-refractivity contribution in [3.05, 3.63) is 23.3 Å². The van der Waals surface area contributed by atoms with Gasteiger partial charge >= 0.3 is 15.6 Å². The molecule has 0 aromatic rings. The molecule has 4 atom stereocenters. The minimum absolute atomic E-state index is 0.232. The summed E-state index contributed by atoms with van der Waals surface area (Å²) in [5, 5.41) is 0. The first-order chi connectivity index (χ1) is 12.8. The molecule has 0 aliphatic heterocycles. The summed E-state index contributed by atoms with van der Waals surface area (Å²) in [6.45, 7) is 7.07. The summed E-state index contributed by atoms with van der Waals surface area (Å²) < 4.78 is 30.7. The monoisotopic (exact) mass is 434 g/mol. The Morgan fingerprint density at radius 3 is 2.54 bits per heavy atom. The Kier molecular flexibility index (Phi) is 6.23. The highest BCUT2D eigenvalue weighted by molar-refractivity contribution is 7.60. The highest BCUT2D eigenvalue weighted by atomic mass is 31.3. The fourth-order valence-corrected chi connectivity index (χ4v) is 7.61. The normalized spacial score (nSPS) is 36.2. The zero-order valence-electron chi connectivity index (χ0n) is 16.8. The summed E-state index contributed by atoms with van der Waals surface area (Å²) in [7, 11) is -9.87. The minimum Gasteiger partial charge on any atom is -0.302 e. The lowest BCUT2D eigenvalue weighted by Gasteiger charge is -2.59. The first-order valence-electron chi connectivity index (χ1n) is 9.96. The van der Waals surface area contributed by atoms with Crippen LogP contribution in [0.25, 0.3) is 0 Å². The van der Waals surface area contributed by atoms with Gasteiger partial charge < -0.3 is 14.7 Å². The number of phosphoric ester groups is 1. The number of fused-ring (bicyclic) bond motifs is 3. The van der Waals surface area contributed by atoms with Gasteiger partial charge in [0.15, 0.2) is 0 Å². The van der Waals surface area contributed by atoms with Gasteiger partial charge in [0.25, 0.3) is 0 Å². The standard InChI is InChI=1S/C19H32O7P2/c1-18(2)10-4-11-19(3)16-7-5-14(13-15(16)6-8-17(18)19)9-12-25-28(23,24)26-27(20,21)22/h9,13,16-17H,4-8,10-12H2,1-3H3,(H,23,24)(H2,20,21,22)/b14-9-/t16-,17-,19+/m1/s1. The first kappa shape index (κ1) is 22.4. The number of rotatable bonds is 5. The maximum atomic E-state index is 11.5. The fourth-order valence-electron chi connectivity index (χ4n) is 6.08. The highest BCUT2D eigenvalue weighted by Crippen LogP contribution is 2.63. The van der Waals surface area contributed by atoms with Gasteiger partial charge in [-0.15, -0.1) is 0 Å². The van der Waals surface area contributed by atoms with Crippen molar-refractivity contribution in [2.75, 3.05) is 6.61 Å². The Morgan fingerprint density at radius 1 is 1.14 bits per heavy atom. The zero-order chi connectivity index (χ0) is 20.8. The van der Waals surface area contributed by atoms with Gasteiger partial charge in [0.1, 0.15) is 0 Å². The molecule has 3 N–H and O–H groups in total. The van der Waals surface area contributed by atoms with Gasteiger partial charge in [0.05, 0.1) is 6.61 Å². The molecule has 2 saturated carbocycles. The van der Waals surface area contributed by atoms with Crippen molar-refractivity contribution >= 4 is 15.6 Å². The van der Waals surface area contributed by atoms with Gasteiger partial charge in [0, 0.05) is 0 Å². The van der Waals surface area contributed by atoms with E-state index in [1.165, 1.54) is 31.3 Å². The van der Waals surface area contributed by atoms with Crippen molar-refractivity contribution in [3.63, 3.8) is 0 Å². The molecule has 3 aliphatic rings. The van der Waals surface area contributed by atoms with Crippen molar-refractivity contribution < 1.29 is 32.6 Å². The molecule has 0 saturated heterocycles. The molecular formula is C19H32O7P2. The third kappa shape index (κ3) is 4.89. The van der Waals surface area contributed by atoms with E-state index in [-0.39, 0.29) is 6.61 Å². The topological polar surface area (TPSA) is 113 Å². The summed E-state index contributed by atoms with van der Waals surface area (Å²) in [5.74, 6) is 1.33. The van der Waals surface area contributed by atoms with Crippen LogP contribution < -0.4 is 0 Å². The molecule has 3 rings (SSSR count). The largest absolute Gasteiger partial charge is 0.481 e. The average Bonchev–Trinajstić information content (AvgIpc) is 2.51. The molecule has 0 radical (unpaired) electrons. The van der Waals surface area contributed by atoms with E-state index in [0.717, 1.165) is 30.8 Å². The number of hydrogen-bond acceptors (Lipinski definition) is 4. The molecule has 0 heterocycles. The predicted octanol–water partition coefficient (Wildman–Crippen LogP) is 5.10. The van der Waals surface area contributed by atoms with Crippen LogP contribution in [0.4, 0.5) is 0 Å². The Hall–Kier alpha value is -0.260. The quantitative estimate of drug-likeness (QED) is 0.516. The molecule has 0 aromatic carbocycles. The van der Waals surface area contributed by atoms with Crippen LogP contribution in [0.1, 0.15) is 65.7 Å². The molecule has 0 bridgehead atoms. The first-order valence-corrected chi connectivity index (χ1v) is 13.0. The second-order valence-corrected chi connectivity index (χ2v) is 12.2. The van der Waals surface area contributed by atoms with E-state index in [0.29, 0.717) is 16.7 Å². The Balaban J connectivity index is 1.68. The molecule has 2 fully saturated rings. The summed E-state index contributed by atoms with van der Waals surface area (Å²) in [4.78, 5) is 26.6. The van der Waals surface area contributed by atoms with Crippen molar-refractivity contribution in [2.24, 2.45) is 22.7 Å². The van der Waals surface area contributed by atoms with Crippen LogP contribution in [0, 0.1) is 22.7 Å². The third-order valence-corrected chi connectivity index (χ3v) is 9.28. The number of hydrogen-bond donors (Lipinski definition) is 3. The summed E-state index contributed by atoms with van der Waals surface area (Å²) in [6.07, 6.45) is 12.0. The fraction of sp³-hybridized carbons (Fsp3) is 0.789. The molecular weight excluding hydrogens is 402 g/mol. The Labute approximate surface area is 167 Å². The third-order valence-electron chi connectivity index (χ3n) is 7.13. The molecule has 0 spiro atoms. The molecule has 28 heavy (non-hydrogen) atoms. The number of allylic oxidation sites excluding steroid dienone is 3. The van der Waals surface area contributed by atoms with Gasteiger partial charge in [-0.2, -0.15) is 4.31 Å². The number of phosphoric acid groups is 2. The van der Waals surface area contributed by atoms with Gasteiger partial charge in [-0.3, -0.25) is 4.52 Å². The molecule has 9 heteroatoms. The van der Waals surface area contributed by atoms with Crippen molar-refractivity contribution in [2.45, 2.75) is 65.7 Å². The van der Waals surface area contributed by atoms with Crippen LogP contribution >= 0.6 is 15.6 Å². The van der Waals surface area contributed by atoms with Crippen molar-refractivity contribution in [1.82, 2.24) is 0 Å². The SMILES string of the molecule is CC1(C)CCC[C@@]2(C)[C@@H]3CC/C(=C/COP(=O)(O)OP(=O)(O)O)C=C3CC[C@H]12. The summed E-state index contributed by atoms with van der Waals surface area (Å²) in [5.41, 5.74) is 3.24. The van der Waals surface area contributed by atoms with E-state index in [9.17, 15) is 14.0 Å². The van der Waals surface area contributed by atoms with E-state index in [2.05, 4.69) is 35.7 Å². The van der Waals surface area contributed by atoms with Gasteiger partial charge in [-0.05, 0) is 66.8 Å². The van der Waals surface area contributed by atoms with E-state index in [4.69, 9.17) is 9.79 Å². The second kappa shape index (κ2) is 7.77. The molecule has 1 unspecified atom stereocenters. The van der Waals surface area contributed by atoms with Crippen LogP contribution in [0.3, 0.4) is 0 Å². The lowest BCUT2D eigenvalue weighted by molar-refractivity contribution is -0.0551. The van der Waals surface area contributed by atoms with Gasteiger partial charge in [-0.1, -0.05) is 44.9 Å². The second-order valence-electron chi connectivity index (χ2n) is 9.37. The Morgan fingerprint density at radius 2 is 1.86 bits per heavy atom.